The topological polar surface area (TPSA) is 134 Å². The van der Waals surface area contributed by atoms with Crippen molar-refractivity contribution in [2.24, 2.45) is 5.73 Å². The van der Waals surface area contributed by atoms with Gasteiger partial charge in [0, 0.05) is 19.4 Å². The first-order valence-electron chi connectivity index (χ1n) is 41.3. The van der Waals surface area contributed by atoms with Gasteiger partial charge in [-0.3, -0.25) is 18.6 Å². The number of nitrogens with two attached hydrogens (primary N) is 1. The number of rotatable bonds is 77. The van der Waals surface area contributed by atoms with E-state index >= 15 is 0 Å². The summed E-state index contributed by atoms with van der Waals surface area (Å²) in [6.45, 7) is 3.65. The molecule has 0 saturated heterocycles. The molecule has 0 aliphatic rings. The molecule has 0 fully saturated rings. The third-order valence-corrected chi connectivity index (χ3v) is 18.7. The Balaban J connectivity index is 3.85. The molecule has 99 heavy (non-hydrogen) atoms. The van der Waals surface area contributed by atoms with Gasteiger partial charge in [-0.1, -0.05) is 384 Å². The average molecular weight is 1400 g/mol. The molecule has 2 atom stereocenters. The molecule has 0 aliphatic carbocycles. The lowest BCUT2D eigenvalue weighted by atomic mass is 10.0. The number of esters is 2. The highest BCUT2D eigenvalue weighted by Crippen LogP contribution is 2.43. The number of phosphoric acid groups is 1. The van der Waals surface area contributed by atoms with Crippen molar-refractivity contribution >= 4 is 19.8 Å². The second-order valence-electron chi connectivity index (χ2n) is 27.3. The van der Waals surface area contributed by atoms with Gasteiger partial charge in [-0.15, -0.1) is 0 Å². The maximum absolute atomic E-state index is 12.8. The van der Waals surface area contributed by atoms with Gasteiger partial charge in [0.05, 0.1) is 13.2 Å². The van der Waals surface area contributed by atoms with Crippen molar-refractivity contribution in [3.63, 3.8) is 0 Å². The summed E-state index contributed by atoms with van der Waals surface area (Å²) in [5.74, 6) is -0.825. The fourth-order valence-electron chi connectivity index (χ4n) is 11.6. The summed E-state index contributed by atoms with van der Waals surface area (Å²) >= 11 is 0. The van der Waals surface area contributed by atoms with Crippen LogP contribution in [0.4, 0.5) is 0 Å². The van der Waals surface area contributed by atoms with E-state index in [-0.39, 0.29) is 38.6 Å². The first-order valence-corrected chi connectivity index (χ1v) is 42.8. The second-order valence-corrected chi connectivity index (χ2v) is 28.7. The molecular formula is C89H154NO8P. The number of phosphoric ester groups is 1. The van der Waals surface area contributed by atoms with Gasteiger partial charge in [-0.05, 0) is 122 Å². The van der Waals surface area contributed by atoms with E-state index in [9.17, 15) is 19.0 Å². The van der Waals surface area contributed by atoms with E-state index in [1.165, 1.54) is 225 Å². The molecule has 10 heteroatoms. The van der Waals surface area contributed by atoms with Crippen LogP contribution in [0.25, 0.3) is 0 Å². The van der Waals surface area contributed by atoms with Crippen molar-refractivity contribution < 1.29 is 37.6 Å². The van der Waals surface area contributed by atoms with Crippen molar-refractivity contribution in [2.75, 3.05) is 26.4 Å². The van der Waals surface area contributed by atoms with Crippen molar-refractivity contribution in [2.45, 2.75) is 380 Å². The second kappa shape index (κ2) is 82.8. The highest BCUT2D eigenvalue weighted by Gasteiger charge is 2.26. The molecule has 2 unspecified atom stereocenters. The highest BCUT2D eigenvalue weighted by atomic mass is 31.2. The fourth-order valence-corrected chi connectivity index (χ4v) is 12.4. The van der Waals surface area contributed by atoms with Crippen LogP contribution < -0.4 is 5.73 Å². The SMILES string of the molecule is CC/C=C\C/C=C\C/C=C\C/C=C\C/C=C\C/C=C\C/C=C\C/C=C\C/C=C\C/C=C\CCCCCCCCCCCCC(=O)OC(COC(=O)CCCCCCCCCCCCCCCCCCCCCCCCCCC/C=C\C/C=C\CCCCCCC)COP(=O)(O)OCCN. The molecule has 0 aliphatic heterocycles. The Labute approximate surface area is 611 Å². The van der Waals surface area contributed by atoms with Gasteiger partial charge in [-0.25, -0.2) is 4.57 Å². The summed E-state index contributed by atoms with van der Waals surface area (Å²) in [6, 6.07) is 0. The first kappa shape index (κ1) is 94.9. The Hall–Kier alpha value is -4.11. The smallest absolute Gasteiger partial charge is 0.462 e. The minimum Gasteiger partial charge on any atom is -0.462 e. The molecule has 0 heterocycles. The molecule has 0 saturated carbocycles. The summed E-state index contributed by atoms with van der Waals surface area (Å²) in [6.07, 6.45) is 120. The molecule has 0 radical (unpaired) electrons. The third-order valence-electron chi connectivity index (χ3n) is 17.7. The highest BCUT2D eigenvalue weighted by molar-refractivity contribution is 7.47. The van der Waals surface area contributed by atoms with Crippen LogP contribution in [0.2, 0.25) is 0 Å². The van der Waals surface area contributed by atoms with Crippen LogP contribution in [0.1, 0.15) is 373 Å². The van der Waals surface area contributed by atoms with E-state index in [1.54, 1.807) is 0 Å². The molecule has 3 N–H and O–H groups in total. The molecule has 0 aromatic rings. The van der Waals surface area contributed by atoms with E-state index in [1.807, 2.05) is 0 Å². The Morgan fingerprint density at radius 1 is 0.313 bits per heavy atom. The van der Waals surface area contributed by atoms with Gasteiger partial charge in [0.15, 0.2) is 6.10 Å². The molecular weight excluding hydrogens is 1240 g/mol. The zero-order chi connectivity index (χ0) is 71.5. The molecule has 0 rings (SSSR count). The van der Waals surface area contributed by atoms with Crippen LogP contribution in [0.15, 0.2) is 146 Å². The number of allylic oxidation sites excluding steroid dienone is 24. The van der Waals surface area contributed by atoms with Gasteiger partial charge in [0.25, 0.3) is 0 Å². The number of carbonyl (C=O) groups is 2. The van der Waals surface area contributed by atoms with Crippen LogP contribution in [0, 0.1) is 0 Å². The number of ether oxygens (including phenoxy) is 2. The maximum Gasteiger partial charge on any atom is 0.472 e. The minimum absolute atomic E-state index is 0.0485. The fraction of sp³-hybridized carbons (Fsp3) is 0.708. The number of carbonyl (C=O) groups excluding carboxylic acids is 2. The quantitative estimate of drug-likeness (QED) is 0.0264. The van der Waals surface area contributed by atoms with Gasteiger partial charge in [0.1, 0.15) is 6.61 Å². The summed E-state index contributed by atoms with van der Waals surface area (Å²) in [5, 5.41) is 0. The van der Waals surface area contributed by atoms with E-state index in [2.05, 4.69) is 160 Å². The van der Waals surface area contributed by atoms with E-state index < -0.39 is 26.5 Å². The number of hydrogen-bond acceptors (Lipinski definition) is 8. The van der Waals surface area contributed by atoms with Gasteiger partial charge in [0.2, 0.25) is 0 Å². The lowest BCUT2D eigenvalue weighted by Crippen LogP contribution is -2.29. The van der Waals surface area contributed by atoms with Crippen LogP contribution in [-0.4, -0.2) is 49.3 Å². The summed E-state index contributed by atoms with van der Waals surface area (Å²) < 4.78 is 33.3. The van der Waals surface area contributed by atoms with E-state index in [0.29, 0.717) is 6.42 Å². The Bertz CT molecular complexity index is 2150. The first-order chi connectivity index (χ1) is 48.8. The maximum atomic E-state index is 12.8. The third kappa shape index (κ3) is 82.7. The lowest BCUT2D eigenvalue weighted by Gasteiger charge is -2.19. The van der Waals surface area contributed by atoms with Crippen molar-refractivity contribution in [1.29, 1.82) is 0 Å². The molecule has 0 bridgehead atoms. The normalized spacial score (nSPS) is 13.6. The van der Waals surface area contributed by atoms with Crippen LogP contribution >= 0.6 is 7.82 Å². The van der Waals surface area contributed by atoms with Gasteiger partial charge >= 0.3 is 19.8 Å². The van der Waals surface area contributed by atoms with E-state index in [0.717, 1.165) is 116 Å². The number of unbranched alkanes of at least 4 members (excludes halogenated alkanes) is 40. The Kier molecular flexibility index (Phi) is 79.4. The summed E-state index contributed by atoms with van der Waals surface area (Å²) in [4.78, 5) is 35.5. The van der Waals surface area contributed by atoms with Crippen molar-refractivity contribution in [3.8, 4) is 0 Å². The summed E-state index contributed by atoms with van der Waals surface area (Å²) in [7, 11) is -4.41. The zero-order valence-corrected chi connectivity index (χ0v) is 65.1. The predicted octanol–water partition coefficient (Wildman–Crippen LogP) is 28.1. The Morgan fingerprint density at radius 3 is 0.828 bits per heavy atom. The van der Waals surface area contributed by atoms with Crippen LogP contribution in [-0.2, 0) is 32.7 Å². The molecule has 568 valence electrons. The van der Waals surface area contributed by atoms with Crippen molar-refractivity contribution in [1.82, 2.24) is 0 Å². The van der Waals surface area contributed by atoms with Gasteiger partial charge in [-0.2, -0.15) is 0 Å². The monoisotopic (exact) mass is 1400 g/mol. The van der Waals surface area contributed by atoms with Crippen LogP contribution in [0.5, 0.6) is 0 Å². The van der Waals surface area contributed by atoms with Crippen LogP contribution in [0.3, 0.4) is 0 Å². The molecule has 9 nitrogen and oxygen atoms in total. The lowest BCUT2D eigenvalue weighted by molar-refractivity contribution is -0.161. The predicted molar refractivity (Wildman–Crippen MR) is 431 cm³/mol. The molecule has 0 aromatic carbocycles. The standard InChI is InChI=1S/C89H154NO8P/c1-3-5-7-9-11-13-15-17-19-21-23-25-27-29-31-33-35-37-39-41-42-43-44-46-48-50-52-54-56-58-60-62-64-66-68-70-72-74-76-78-80-82-89(92)98-87(86-97-99(93,94)96-84-83-90)85-95-88(91)81-79-77-75-73-71-69-67-65-63-61-59-57-55-53-51-49-47-45-40-38-36-34-32-30-28-26-24-22-20-18-16-14-12-10-8-6-4-2/h5,7,11,13,16-19,22-25,29,31,35,37,41-42,44,46,50,52,56,58,87H,3-4,6,8-10,12,14-15,20-21,26-28,30,32-34,36,38-40,43,45,47-49,51,53-55,57,59-86,90H2,1-2H3,(H,93,94)/b7-5-,13-11-,18-16-,19-17-,24-22-,25-23-,31-29-,37-35-,42-41-,46-44-,52-50-,58-56-. The van der Waals surface area contributed by atoms with Crippen molar-refractivity contribution in [3.05, 3.63) is 146 Å². The zero-order valence-electron chi connectivity index (χ0n) is 64.2. The van der Waals surface area contributed by atoms with E-state index in [4.69, 9.17) is 24.3 Å². The molecule has 0 spiro atoms. The summed E-state index contributed by atoms with van der Waals surface area (Å²) in [5.41, 5.74) is 5.42. The van der Waals surface area contributed by atoms with Gasteiger partial charge < -0.3 is 20.1 Å². The molecule has 0 aromatic heterocycles. The Morgan fingerprint density at radius 2 is 0.556 bits per heavy atom. The molecule has 0 amide bonds. The average Bonchev–Trinajstić information content (AvgIpc) is 1.19. The number of hydrogen-bond donors (Lipinski definition) is 2. The minimum atomic E-state index is -4.41. The largest absolute Gasteiger partial charge is 0.472 e.